The van der Waals surface area contributed by atoms with Gasteiger partial charge < -0.3 is 4.90 Å². The standard InChI is InChI=1S/C16H31NO3S/c1-13(2)5-8-17(9-6-14(3)4)16(18)11-15-7-10-21(19,20)12-15/h13-15H,5-12H2,1-4H3. The Kier molecular flexibility index (Phi) is 7.17. The zero-order valence-corrected chi connectivity index (χ0v) is 14.8. The van der Waals surface area contributed by atoms with Gasteiger partial charge in [0.2, 0.25) is 5.91 Å². The molecule has 1 unspecified atom stereocenters. The fraction of sp³-hybridized carbons (Fsp3) is 0.938. The predicted molar refractivity (Wildman–Crippen MR) is 86.9 cm³/mol. The molecule has 0 saturated carbocycles. The van der Waals surface area contributed by atoms with E-state index in [1.807, 2.05) is 4.90 Å². The molecule has 1 heterocycles. The highest BCUT2D eigenvalue weighted by atomic mass is 32.2. The van der Waals surface area contributed by atoms with Crippen LogP contribution in [0, 0.1) is 17.8 Å². The molecule has 0 bridgehead atoms. The van der Waals surface area contributed by atoms with Gasteiger partial charge in [0.1, 0.15) is 0 Å². The average molecular weight is 317 g/mol. The summed E-state index contributed by atoms with van der Waals surface area (Å²) in [7, 11) is -2.89. The molecule has 1 atom stereocenters. The number of hydrogen-bond acceptors (Lipinski definition) is 3. The minimum atomic E-state index is -2.89. The first-order valence-electron chi connectivity index (χ1n) is 8.18. The number of hydrogen-bond donors (Lipinski definition) is 0. The van der Waals surface area contributed by atoms with Gasteiger partial charge in [-0.2, -0.15) is 0 Å². The zero-order valence-electron chi connectivity index (χ0n) is 14.0. The molecule has 0 N–H and O–H groups in total. The lowest BCUT2D eigenvalue weighted by atomic mass is 10.0. The van der Waals surface area contributed by atoms with Gasteiger partial charge in [0, 0.05) is 19.5 Å². The van der Waals surface area contributed by atoms with Crippen LogP contribution in [-0.2, 0) is 14.6 Å². The van der Waals surface area contributed by atoms with Crippen molar-refractivity contribution in [3.8, 4) is 0 Å². The summed E-state index contributed by atoms with van der Waals surface area (Å²) < 4.78 is 23.0. The van der Waals surface area contributed by atoms with E-state index in [9.17, 15) is 13.2 Å². The summed E-state index contributed by atoms with van der Waals surface area (Å²) in [4.78, 5) is 14.4. The number of carbonyl (C=O) groups excluding carboxylic acids is 1. The monoisotopic (exact) mass is 317 g/mol. The highest BCUT2D eigenvalue weighted by Gasteiger charge is 2.30. The van der Waals surface area contributed by atoms with Gasteiger partial charge in [-0.3, -0.25) is 4.79 Å². The van der Waals surface area contributed by atoms with Gasteiger partial charge in [0.15, 0.2) is 9.84 Å². The fourth-order valence-corrected chi connectivity index (χ4v) is 4.46. The van der Waals surface area contributed by atoms with Crippen LogP contribution in [0.1, 0.15) is 53.4 Å². The number of carbonyl (C=O) groups is 1. The molecule has 1 fully saturated rings. The third kappa shape index (κ3) is 7.30. The third-order valence-corrected chi connectivity index (χ3v) is 5.93. The Balaban J connectivity index is 2.53. The van der Waals surface area contributed by atoms with Crippen molar-refractivity contribution >= 4 is 15.7 Å². The van der Waals surface area contributed by atoms with E-state index >= 15 is 0 Å². The molecule has 0 aromatic carbocycles. The summed E-state index contributed by atoms with van der Waals surface area (Å²) in [6.07, 6.45) is 3.06. The SMILES string of the molecule is CC(C)CCN(CCC(C)C)C(=O)CC1CCS(=O)(=O)C1. The number of amides is 1. The Morgan fingerprint density at radius 1 is 1.10 bits per heavy atom. The Morgan fingerprint density at radius 2 is 1.62 bits per heavy atom. The fourth-order valence-electron chi connectivity index (χ4n) is 2.60. The van der Waals surface area contributed by atoms with Gasteiger partial charge in [-0.15, -0.1) is 0 Å². The second-order valence-corrected chi connectivity index (χ2v) is 9.45. The van der Waals surface area contributed by atoms with Crippen LogP contribution in [0.2, 0.25) is 0 Å². The van der Waals surface area contributed by atoms with Crippen LogP contribution >= 0.6 is 0 Å². The molecular weight excluding hydrogens is 286 g/mol. The van der Waals surface area contributed by atoms with Gasteiger partial charge in [-0.1, -0.05) is 27.7 Å². The lowest BCUT2D eigenvalue weighted by Gasteiger charge is -2.25. The molecule has 1 aliphatic heterocycles. The van der Waals surface area contributed by atoms with E-state index < -0.39 is 9.84 Å². The van der Waals surface area contributed by atoms with E-state index in [0.29, 0.717) is 24.7 Å². The van der Waals surface area contributed by atoms with Crippen LogP contribution in [0.5, 0.6) is 0 Å². The van der Waals surface area contributed by atoms with Crippen molar-refractivity contribution in [3.05, 3.63) is 0 Å². The average Bonchev–Trinajstić information content (AvgIpc) is 2.67. The summed E-state index contributed by atoms with van der Waals surface area (Å²) >= 11 is 0. The molecule has 4 nitrogen and oxygen atoms in total. The molecule has 0 aromatic heterocycles. The van der Waals surface area contributed by atoms with Crippen LogP contribution in [0.3, 0.4) is 0 Å². The molecule has 1 rings (SSSR count). The van der Waals surface area contributed by atoms with Crippen LogP contribution in [0.25, 0.3) is 0 Å². The lowest BCUT2D eigenvalue weighted by molar-refractivity contribution is -0.132. The maximum Gasteiger partial charge on any atom is 0.222 e. The molecule has 21 heavy (non-hydrogen) atoms. The first-order chi connectivity index (χ1) is 9.69. The molecule has 1 amide bonds. The third-order valence-electron chi connectivity index (χ3n) is 4.10. The molecule has 5 heteroatoms. The van der Waals surface area contributed by atoms with Crippen molar-refractivity contribution in [2.24, 2.45) is 17.8 Å². The predicted octanol–water partition coefficient (Wildman–Crippen LogP) is 2.73. The Hall–Kier alpha value is -0.580. The number of nitrogens with zero attached hydrogens (tertiary/aromatic N) is 1. The molecular formula is C16H31NO3S. The van der Waals surface area contributed by atoms with Crippen molar-refractivity contribution in [2.75, 3.05) is 24.6 Å². The van der Waals surface area contributed by atoms with Crippen molar-refractivity contribution in [2.45, 2.75) is 53.4 Å². The largest absolute Gasteiger partial charge is 0.343 e. The summed E-state index contributed by atoms with van der Waals surface area (Å²) in [5.74, 6) is 1.77. The van der Waals surface area contributed by atoms with Gasteiger partial charge in [0.25, 0.3) is 0 Å². The van der Waals surface area contributed by atoms with Crippen molar-refractivity contribution in [3.63, 3.8) is 0 Å². The molecule has 0 aromatic rings. The van der Waals surface area contributed by atoms with Gasteiger partial charge >= 0.3 is 0 Å². The second-order valence-electron chi connectivity index (χ2n) is 7.22. The quantitative estimate of drug-likeness (QED) is 0.691. The van der Waals surface area contributed by atoms with Crippen LogP contribution in [0.15, 0.2) is 0 Å². The minimum absolute atomic E-state index is 0.0306. The lowest BCUT2D eigenvalue weighted by Crippen LogP contribution is -2.35. The normalized spacial score (nSPS) is 21.1. The first kappa shape index (κ1) is 18.5. The van der Waals surface area contributed by atoms with Crippen molar-refractivity contribution < 1.29 is 13.2 Å². The molecule has 0 aliphatic carbocycles. The summed E-state index contributed by atoms with van der Waals surface area (Å²) in [5, 5.41) is 0. The van der Waals surface area contributed by atoms with E-state index in [-0.39, 0.29) is 23.3 Å². The van der Waals surface area contributed by atoms with Crippen LogP contribution < -0.4 is 0 Å². The molecule has 1 saturated heterocycles. The summed E-state index contributed by atoms with van der Waals surface area (Å²) in [6, 6.07) is 0. The smallest absolute Gasteiger partial charge is 0.222 e. The van der Waals surface area contributed by atoms with E-state index in [1.54, 1.807) is 0 Å². The maximum atomic E-state index is 12.5. The Labute approximate surface area is 130 Å². The Morgan fingerprint density at radius 3 is 2.00 bits per heavy atom. The maximum absolute atomic E-state index is 12.5. The minimum Gasteiger partial charge on any atom is -0.343 e. The summed E-state index contributed by atoms with van der Waals surface area (Å²) in [5.41, 5.74) is 0. The molecule has 124 valence electrons. The van der Waals surface area contributed by atoms with Crippen LogP contribution in [0.4, 0.5) is 0 Å². The first-order valence-corrected chi connectivity index (χ1v) is 10.00. The Bertz CT molecular complexity index is 417. The van der Waals surface area contributed by atoms with Gasteiger partial charge in [0.05, 0.1) is 11.5 Å². The van der Waals surface area contributed by atoms with Gasteiger partial charge in [-0.25, -0.2) is 8.42 Å². The number of rotatable bonds is 8. The highest BCUT2D eigenvalue weighted by Crippen LogP contribution is 2.22. The van der Waals surface area contributed by atoms with E-state index in [0.717, 1.165) is 25.9 Å². The number of sulfone groups is 1. The van der Waals surface area contributed by atoms with Gasteiger partial charge in [-0.05, 0) is 37.0 Å². The van der Waals surface area contributed by atoms with Crippen molar-refractivity contribution in [1.82, 2.24) is 4.90 Å². The van der Waals surface area contributed by atoms with E-state index in [4.69, 9.17) is 0 Å². The zero-order chi connectivity index (χ0) is 16.0. The van der Waals surface area contributed by atoms with E-state index in [2.05, 4.69) is 27.7 Å². The van der Waals surface area contributed by atoms with Crippen molar-refractivity contribution in [1.29, 1.82) is 0 Å². The highest BCUT2D eigenvalue weighted by molar-refractivity contribution is 7.91. The van der Waals surface area contributed by atoms with E-state index in [1.165, 1.54) is 0 Å². The molecule has 1 aliphatic rings. The van der Waals surface area contributed by atoms with Crippen LogP contribution in [-0.4, -0.2) is 43.8 Å². The molecule has 0 radical (unpaired) electrons. The second kappa shape index (κ2) is 8.16. The molecule has 0 spiro atoms. The summed E-state index contributed by atoms with van der Waals surface area (Å²) in [6.45, 7) is 10.2. The topological polar surface area (TPSA) is 54.5 Å².